The molecule has 0 radical (unpaired) electrons. The van der Waals surface area contributed by atoms with Crippen molar-refractivity contribution in [3.8, 4) is 0 Å². The fourth-order valence-electron chi connectivity index (χ4n) is 2.74. The van der Waals surface area contributed by atoms with Crippen molar-refractivity contribution < 1.29 is 13.6 Å². The smallest absolute Gasteiger partial charge is 0.257 e. The van der Waals surface area contributed by atoms with Crippen molar-refractivity contribution in [2.75, 3.05) is 0 Å². The Kier molecular flexibility index (Phi) is 4.12. The Morgan fingerprint density at radius 1 is 1.05 bits per heavy atom. The molecule has 1 aliphatic rings. The fraction of sp³-hybridized carbons (Fsp3) is 0.235. The monoisotopic (exact) mass is 321 g/mol. The van der Waals surface area contributed by atoms with Crippen LogP contribution in [-0.4, -0.2) is 11.9 Å². The highest BCUT2D eigenvalue weighted by atomic mass is 35.5. The molecule has 0 aromatic heterocycles. The van der Waals surface area contributed by atoms with Gasteiger partial charge in [0.15, 0.2) is 0 Å². The van der Waals surface area contributed by atoms with Gasteiger partial charge in [-0.3, -0.25) is 4.79 Å². The van der Waals surface area contributed by atoms with Crippen molar-refractivity contribution in [3.05, 3.63) is 70.2 Å². The van der Waals surface area contributed by atoms with Crippen LogP contribution in [0.1, 0.15) is 34.7 Å². The van der Waals surface area contributed by atoms with Crippen molar-refractivity contribution in [1.82, 2.24) is 5.32 Å². The van der Waals surface area contributed by atoms with Gasteiger partial charge in [-0.1, -0.05) is 29.8 Å². The molecule has 2 aromatic rings. The van der Waals surface area contributed by atoms with E-state index in [1.165, 1.54) is 6.07 Å². The van der Waals surface area contributed by atoms with Crippen molar-refractivity contribution in [2.24, 2.45) is 0 Å². The lowest BCUT2D eigenvalue weighted by atomic mass is 9.75. The van der Waals surface area contributed by atoms with Gasteiger partial charge >= 0.3 is 0 Å². The fourth-order valence-corrected chi connectivity index (χ4v) is 2.86. The van der Waals surface area contributed by atoms with Crippen LogP contribution in [0.3, 0.4) is 0 Å². The molecule has 2 nitrogen and oxygen atoms in total. The van der Waals surface area contributed by atoms with Gasteiger partial charge in [0.25, 0.3) is 5.91 Å². The molecular formula is C17H14ClF2NO. The van der Waals surface area contributed by atoms with Gasteiger partial charge in [-0.25, -0.2) is 8.78 Å². The number of hydrogen-bond acceptors (Lipinski definition) is 1. The molecule has 1 amide bonds. The molecule has 1 saturated carbocycles. The Labute approximate surface area is 132 Å². The summed E-state index contributed by atoms with van der Waals surface area (Å²) in [6.45, 7) is 0. The largest absolute Gasteiger partial charge is 0.349 e. The van der Waals surface area contributed by atoms with E-state index in [1.54, 1.807) is 12.1 Å². The summed E-state index contributed by atoms with van der Waals surface area (Å²) in [6.07, 6.45) is 1.71. The predicted molar refractivity (Wildman–Crippen MR) is 81.0 cm³/mol. The molecule has 3 rings (SSSR count). The number of carbonyl (C=O) groups is 1. The molecule has 0 heterocycles. The van der Waals surface area contributed by atoms with Crippen LogP contribution in [0.4, 0.5) is 8.78 Å². The highest BCUT2D eigenvalue weighted by molar-refractivity contribution is 6.30. The van der Waals surface area contributed by atoms with Gasteiger partial charge in [0.1, 0.15) is 17.2 Å². The lowest BCUT2D eigenvalue weighted by Gasteiger charge is -2.37. The quantitative estimate of drug-likeness (QED) is 0.897. The minimum atomic E-state index is -0.847. The summed E-state index contributed by atoms with van der Waals surface area (Å²) in [5.74, 6) is -2.25. The number of amides is 1. The zero-order valence-corrected chi connectivity index (χ0v) is 12.4. The molecule has 2 unspecified atom stereocenters. The average Bonchev–Trinajstić information content (AvgIpc) is 2.46. The van der Waals surface area contributed by atoms with Crippen LogP contribution in [0.2, 0.25) is 5.02 Å². The SMILES string of the molecule is O=C(NC1CCC1c1ccc(Cl)cc1)c1c(F)cccc1F. The number of carbonyl (C=O) groups excluding carboxylic acids is 1. The van der Waals surface area contributed by atoms with Crippen LogP contribution in [0, 0.1) is 11.6 Å². The molecule has 1 aliphatic carbocycles. The minimum absolute atomic E-state index is 0.118. The normalized spacial score (nSPS) is 20.3. The third-order valence-electron chi connectivity index (χ3n) is 4.08. The average molecular weight is 322 g/mol. The van der Waals surface area contributed by atoms with E-state index in [0.29, 0.717) is 5.02 Å². The van der Waals surface area contributed by atoms with Crippen LogP contribution in [0.25, 0.3) is 0 Å². The molecule has 1 N–H and O–H groups in total. The molecular weight excluding hydrogens is 308 g/mol. The van der Waals surface area contributed by atoms with E-state index in [0.717, 1.165) is 30.5 Å². The van der Waals surface area contributed by atoms with Gasteiger partial charge < -0.3 is 5.32 Å². The topological polar surface area (TPSA) is 29.1 Å². The summed E-state index contributed by atoms with van der Waals surface area (Å²) in [5.41, 5.74) is 0.541. The van der Waals surface area contributed by atoms with Gasteiger partial charge in [-0.05, 0) is 42.7 Å². The minimum Gasteiger partial charge on any atom is -0.349 e. The molecule has 0 saturated heterocycles. The van der Waals surface area contributed by atoms with E-state index in [2.05, 4.69) is 5.32 Å². The molecule has 0 bridgehead atoms. The summed E-state index contributed by atoms with van der Waals surface area (Å²) in [7, 11) is 0. The highest BCUT2D eigenvalue weighted by Gasteiger charge is 2.34. The van der Waals surface area contributed by atoms with Crippen molar-refractivity contribution in [2.45, 2.75) is 24.8 Å². The summed E-state index contributed by atoms with van der Waals surface area (Å²) in [4.78, 5) is 12.1. The number of rotatable bonds is 3. The van der Waals surface area contributed by atoms with E-state index >= 15 is 0 Å². The zero-order valence-electron chi connectivity index (χ0n) is 11.7. The first-order valence-corrected chi connectivity index (χ1v) is 7.44. The van der Waals surface area contributed by atoms with Crippen molar-refractivity contribution in [1.29, 1.82) is 0 Å². The molecule has 1 fully saturated rings. The van der Waals surface area contributed by atoms with E-state index in [-0.39, 0.29) is 12.0 Å². The zero-order chi connectivity index (χ0) is 15.7. The lowest BCUT2D eigenvalue weighted by molar-refractivity contribution is 0.0896. The predicted octanol–water partition coefficient (Wildman–Crippen LogP) is 4.29. The van der Waals surface area contributed by atoms with Crippen molar-refractivity contribution >= 4 is 17.5 Å². The maximum absolute atomic E-state index is 13.6. The Bertz CT molecular complexity index is 682. The first-order valence-electron chi connectivity index (χ1n) is 7.06. The summed E-state index contributed by atoms with van der Waals surface area (Å²) in [5, 5.41) is 3.38. The van der Waals surface area contributed by atoms with Crippen LogP contribution in [-0.2, 0) is 0 Å². The van der Waals surface area contributed by atoms with E-state index in [1.807, 2.05) is 12.1 Å². The molecule has 0 aliphatic heterocycles. The van der Waals surface area contributed by atoms with Crippen LogP contribution >= 0.6 is 11.6 Å². The number of benzene rings is 2. The van der Waals surface area contributed by atoms with E-state index < -0.39 is 23.1 Å². The second-order valence-electron chi connectivity index (χ2n) is 5.41. The molecule has 114 valence electrons. The van der Waals surface area contributed by atoms with Crippen LogP contribution in [0.15, 0.2) is 42.5 Å². The maximum atomic E-state index is 13.6. The second kappa shape index (κ2) is 6.05. The first-order chi connectivity index (χ1) is 10.6. The van der Waals surface area contributed by atoms with E-state index in [4.69, 9.17) is 11.6 Å². The highest BCUT2D eigenvalue weighted by Crippen LogP contribution is 2.37. The summed E-state index contributed by atoms with van der Waals surface area (Å²) < 4.78 is 27.2. The lowest BCUT2D eigenvalue weighted by Crippen LogP contribution is -2.45. The van der Waals surface area contributed by atoms with Gasteiger partial charge in [0.05, 0.1) is 0 Å². The maximum Gasteiger partial charge on any atom is 0.257 e. The number of nitrogens with one attached hydrogen (secondary N) is 1. The van der Waals surface area contributed by atoms with Crippen LogP contribution < -0.4 is 5.32 Å². The first kappa shape index (κ1) is 15.0. The summed E-state index contributed by atoms with van der Waals surface area (Å²) in [6, 6.07) is 10.7. The van der Waals surface area contributed by atoms with Gasteiger partial charge in [0.2, 0.25) is 0 Å². The third-order valence-corrected chi connectivity index (χ3v) is 4.33. The Morgan fingerprint density at radius 3 is 2.23 bits per heavy atom. The molecule has 22 heavy (non-hydrogen) atoms. The van der Waals surface area contributed by atoms with E-state index in [9.17, 15) is 13.6 Å². The Hall–Kier alpha value is -1.94. The van der Waals surface area contributed by atoms with Gasteiger partial charge in [-0.15, -0.1) is 0 Å². The number of hydrogen-bond donors (Lipinski definition) is 1. The molecule has 2 atom stereocenters. The second-order valence-corrected chi connectivity index (χ2v) is 5.85. The number of halogens is 3. The molecule has 5 heteroatoms. The third kappa shape index (κ3) is 2.83. The Balaban J connectivity index is 1.73. The van der Waals surface area contributed by atoms with Crippen LogP contribution in [0.5, 0.6) is 0 Å². The van der Waals surface area contributed by atoms with Gasteiger partial charge in [0, 0.05) is 17.0 Å². The van der Waals surface area contributed by atoms with Gasteiger partial charge in [-0.2, -0.15) is 0 Å². The molecule has 2 aromatic carbocycles. The summed E-state index contributed by atoms with van der Waals surface area (Å²) >= 11 is 5.86. The van der Waals surface area contributed by atoms with Crippen molar-refractivity contribution in [3.63, 3.8) is 0 Å². The Morgan fingerprint density at radius 2 is 1.68 bits per heavy atom. The standard InChI is InChI=1S/C17H14ClF2NO/c18-11-6-4-10(5-7-11)12-8-9-15(12)21-17(22)16-13(19)2-1-3-14(16)20/h1-7,12,15H,8-9H2,(H,21,22). The molecule has 0 spiro atoms.